The first-order chi connectivity index (χ1) is 12.4. The highest BCUT2D eigenvalue weighted by Crippen LogP contribution is 2.40. The van der Waals surface area contributed by atoms with E-state index in [1.165, 1.54) is 0 Å². The van der Waals surface area contributed by atoms with E-state index in [4.69, 9.17) is 10.1 Å². The first-order valence-corrected chi connectivity index (χ1v) is 9.92. The van der Waals surface area contributed by atoms with Gasteiger partial charge in [0, 0.05) is 62.3 Å². The van der Waals surface area contributed by atoms with Crippen molar-refractivity contribution in [3.63, 3.8) is 0 Å². The maximum atomic E-state index is 12.3. The Morgan fingerprint density at radius 2 is 2.08 bits per heavy atom. The molecule has 3 heterocycles. The molecule has 1 spiro atoms. The van der Waals surface area contributed by atoms with Crippen molar-refractivity contribution in [2.24, 2.45) is 5.41 Å². The molecule has 2 aliphatic heterocycles. The van der Waals surface area contributed by atoms with E-state index in [-0.39, 0.29) is 17.9 Å². The van der Waals surface area contributed by atoms with Gasteiger partial charge in [-0.05, 0) is 32.6 Å². The third-order valence-corrected chi connectivity index (χ3v) is 5.69. The molecule has 1 N–H and O–H groups in total. The number of anilines is 1. The van der Waals surface area contributed by atoms with Crippen molar-refractivity contribution < 1.29 is 9.90 Å². The predicted molar refractivity (Wildman–Crippen MR) is 102 cm³/mol. The molecule has 0 radical (unpaired) electrons. The topological polar surface area (TPSA) is 69.6 Å². The summed E-state index contributed by atoms with van der Waals surface area (Å²) in [5.41, 5.74) is 1.17. The van der Waals surface area contributed by atoms with Crippen molar-refractivity contribution in [1.82, 2.24) is 14.9 Å². The van der Waals surface area contributed by atoms with Crippen LogP contribution in [0.5, 0.6) is 0 Å². The van der Waals surface area contributed by atoms with Crippen LogP contribution < -0.4 is 4.90 Å². The summed E-state index contributed by atoms with van der Waals surface area (Å²) in [6.07, 6.45) is 4.53. The van der Waals surface area contributed by atoms with E-state index in [2.05, 4.69) is 29.8 Å². The fourth-order valence-corrected chi connectivity index (χ4v) is 4.30. The smallest absolute Gasteiger partial charge is 0.222 e. The number of aliphatic hydroxyl groups excluding tert-OH is 1. The van der Waals surface area contributed by atoms with Crippen molar-refractivity contribution in [3.05, 3.63) is 17.6 Å². The van der Waals surface area contributed by atoms with E-state index in [9.17, 15) is 4.79 Å². The van der Waals surface area contributed by atoms with Gasteiger partial charge >= 0.3 is 0 Å². The summed E-state index contributed by atoms with van der Waals surface area (Å²) < 4.78 is 0. The molecule has 0 aromatic carbocycles. The number of piperidine rings is 2. The van der Waals surface area contributed by atoms with E-state index in [0.717, 1.165) is 56.2 Å². The molecule has 6 heteroatoms. The van der Waals surface area contributed by atoms with Crippen LogP contribution in [0.2, 0.25) is 0 Å². The predicted octanol–water partition coefficient (Wildman–Crippen LogP) is 2.50. The zero-order valence-electron chi connectivity index (χ0n) is 16.4. The minimum absolute atomic E-state index is 0.140. The number of carbonyl (C=O) groups is 1. The standard InChI is InChI=1S/C20H32N4O2/c1-15(2)19-21-16(3)12-17(22-19)23-9-4-7-20(13-23)8-6-18(26)24(14-20)10-5-11-25/h12,15,25H,4-11,13-14H2,1-3H3/t20-/m1/s1. The van der Waals surface area contributed by atoms with E-state index < -0.39 is 0 Å². The first-order valence-electron chi connectivity index (χ1n) is 9.92. The molecule has 0 saturated carbocycles. The van der Waals surface area contributed by atoms with Gasteiger partial charge in [0.25, 0.3) is 0 Å². The van der Waals surface area contributed by atoms with Crippen LogP contribution in [0.4, 0.5) is 5.82 Å². The van der Waals surface area contributed by atoms with Crippen LogP contribution in [-0.2, 0) is 4.79 Å². The van der Waals surface area contributed by atoms with E-state index in [1.807, 2.05) is 11.8 Å². The van der Waals surface area contributed by atoms with E-state index in [0.29, 0.717) is 25.3 Å². The van der Waals surface area contributed by atoms with Gasteiger partial charge in [0.1, 0.15) is 11.6 Å². The largest absolute Gasteiger partial charge is 0.396 e. The monoisotopic (exact) mass is 360 g/mol. The lowest BCUT2D eigenvalue weighted by atomic mass is 9.73. The van der Waals surface area contributed by atoms with Gasteiger partial charge < -0.3 is 14.9 Å². The summed E-state index contributed by atoms with van der Waals surface area (Å²) >= 11 is 0. The van der Waals surface area contributed by atoms with E-state index >= 15 is 0 Å². The third-order valence-electron chi connectivity index (χ3n) is 5.69. The summed E-state index contributed by atoms with van der Waals surface area (Å²) in [6.45, 7) is 9.87. The van der Waals surface area contributed by atoms with Crippen LogP contribution in [0, 0.1) is 12.3 Å². The highest BCUT2D eigenvalue weighted by atomic mass is 16.3. The lowest BCUT2D eigenvalue weighted by Gasteiger charge is -2.48. The minimum Gasteiger partial charge on any atom is -0.396 e. The Labute approximate surface area is 156 Å². The summed E-state index contributed by atoms with van der Waals surface area (Å²) in [5.74, 6) is 2.48. The fraction of sp³-hybridized carbons (Fsp3) is 0.750. The number of carbonyl (C=O) groups excluding carboxylic acids is 1. The van der Waals surface area contributed by atoms with Gasteiger partial charge in [-0.3, -0.25) is 4.79 Å². The number of nitrogens with zero attached hydrogens (tertiary/aromatic N) is 4. The van der Waals surface area contributed by atoms with Gasteiger partial charge in [0.15, 0.2) is 0 Å². The van der Waals surface area contributed by atoms with Gasteiger partial charge in [-0.1, -0.05) is 13.8 Å². The van der Waals surface area contributed by atoms with Crippen LogP contribution in [0.25, 0.3) is 0 Å². The highest BCUT2D eigenvalue weighted by molar-refractivity contribution is 5.77. The van der Waals surface area contributed by atoms with Crippen molar-refractivity contribution >= 4 is 11.7 Å². The van der Waals surface area contributed by atoms with Gasteiger partial charge in [0.2, 0.25) is 5.91 Å². The van der Waals surface area contributed by atoms with Crippen LogP contribution in [0.15, 0.2) is 6.07 Å². The van der Waals surface area contributed by atoms with Crippen LogP contribution >= 0.6 is 0 Å². The number of aryl methyl sites for hydroxylation is 1. The molecule has 6 nitrogen and oxygen atoms in total. The number of hydrogen-bond donors (Lipinski definition) is 1. The molecule has 0 bridgehead atoms. The van der Waals surface area contributed by atoms with Crippen LogP contribution in [0.3, 0.4) is 0 Å². The molecule has 0 aliphatic carbocycles. The molecule has 1 atom stereocenters. The second kappa shape index (κ2) is 7.91. The molecule has 2 aliphatic rings. The Kier molecular flexibility index (Phi) is 5.80. The number of aliphatic hydroxyl groups is 1. The van der Waals surface area contributed by atoms with Crippen LogP contribution in [-0.4, -0.2) is 58.7 Å². The normalized spacial score (nSPS) is 24.0. The van der Waals surface area contributed by atoms with Crippen molar-refractivity contribution in [2.45, 2.75) is 58.8 Å². The second-order valence-corrected chi connectivity index (χ2v) is 8.30. The minimum atomic E-state index is 0.140. The number of likely N-dealkylation sites (tertiary alicyclic amines) is 1. The molecule has 0 unspecified atom stereocenters. The SMILES string of the molecule is Cc1cc(N2CCC[C@@]3(CCC(=O)N(CCCO)C3)C2)nc(C(C)C)n1. The van der Waals surface area contributed by atoms with Crippen molar-refractivity contribution in [2.75, 3.05) is 37.7 Å². The van der Waals surface area contributed by atoms with Gasteiger partial charge in [0.05, 0.1) is 0 Å². The Bertz CT molecular complexity index is 649. The molecule has 3 rings (SSSR count). The molecular formula is C20H32N4O2. The summed E-state index contributed by atoms with van der Waals surface area (Å²) in [6, 6.07) is 2.09. The molecule has 144 valence electrons. The zero-order chi connectivity index (χ0) is 18.7. The second-order valence-electron chi connectivity index (χ2n) is 8.30. The Balaban J connectivity index is 1.77. The molecule has 1 amide bonds. The quantitative estimate of drug-likeness (QED) is 0.874. The van der Waals surface area contributed by atoms with E-state index in [1.54, 1.807) is 0 Å². The maximum Gasteiger partial charge on any atom is 0.222 e. The Hall–Kier alpha value is -1.69. The van der Waals surface area contributed by atoms with Crippen molar-refractivity contribution in [3.8, 4) is 0 Å². The number of aromatic nitrogens is 2. The summed E-state index contributed by atoms with van der Waals surface area (Å²) in [5, 5.41) is 9.11. The van der Waals surface area contributed by atoms with Gasteiger partial charge in [-0.15, -0.1) is 0 Å². The molecule has 26 heavy (non-hydrogen) atoms. The number of amides is 1. The number of rotatable bonds is 5. The van der Waals surface area contributed by atoms with Gasteiger partial charge in [-0.2, -0.15) is 0 Å². The molecule has 2 fully saturated rings. The average Bonchev–Trinajstić information content (AvgIpc) is 2.62. The molecule has 1 aromatic rings. The lowest BCUT2D eigenvalue weighted by Crippen LogP contribution is -2.54. The fourth-order valence-electron chi connectivity index (χ4n) is 4.30. The Morgan fingerprint density at radius 3 is 2.81 bits per heavy atom. The molecule has 1 aromatic heterocycles. The summed E-state index contributed by atoms with van der Waals surface area (Å²) in [4.78, 5) is 26.0. The summed E-state index contributed by atoms with van der Waals surface area (Å²) in [7, 11) is 0. The first kappa shape index (κ1) is 19.1. The maximum absolute atomic E-state index is 12.3. The van der Waals surface area contributed by atoms with Crippen molar-refractivity contribution in [1.29, 1.82) is 0 Å². The average molecular weight is 361 g/mol. The zero-order valence-corrected chi connectivity index (χ0v) is 16.4. The van der Waals surface area contributed by atoms with Crippen LogP contribution in [0.1, 0.15) is 63.4 Å². The highest BCUT2D eigenvalue weighted by Gasteiger charge is 2.41. The molecular weight excluding hydrogens is 328 g/mol. The van der Waals surface area contributed by atoms with Gasteiger partial charge in [-0.25, -0.2) is 9.97 Å². The third kappa shape index (κ3) is 4.17. The number of hydrogen-bond acceptors (Lipinski definition) is 5. The Morgan fingerprint density at radius 1 is 1.27 bits per heavy atom. The molecule has 2 saturated heterocycles. The lowest BCUT2D eigenvalue weighted by molar-refractivity contribution is -0.138.